The molecule has 1 unspecified atom stereocenters. The van der Waals surface area contributed by atoms with Gasteiger partial charge in [0.2, 0.25) is 5.78 Å². The summed E-state index contributed by atoms with van der Waals surface area (Å²) in [4.78, 5) is 37.6. The Morgan fingerprint density at radius 1 is 0.725 bits per heavy atom. The van der Waals surface area contributed by atoms with Crippen LogP contribution in [0, 0.1) is 5.41 Å². The van der Waals surface area contributed by atoms with Crippen molar-refractivity contribution in [1.82, 2.24) is 16.0 Å². The SMILES string of the molecule is CC(C)(C)OC(=O)N[C@@H](Cc1ccccc1)[C@@H](O)CNCC(O)[C@@H](Cc1ccccc1)NC(=O)C(=O)C(C)(C)C. The van der Waals surface area contributed by atoms with Gasteiger partial charge in [0.15, 0.2) is 0 Å². The third kappa shape index (κ3) is 11.9. The summed E-state index contributed by atoms with van der Waals surface area (Å²) in [6.07, 6.45) is -2.03. The van der Waals surface area contributed by atoms with Crippen LogP contribution in [-0.4, -0.2) is 71.0 Å². The van der Waals surface area contributed by atoms with E-state index in [2.05, 4.69) is 16.0 Å². The molecule has 0 aliphatic rings. The predicted octanol–water partition coefficient (Wildman–Crippen LogP) is 2.78. The topological polar surface area (TPSA) is 137 Å². The smallest absolute Gasteiger partial charge is 0.407 e. The summed E-state index contributed by atoms with van der Waals surface area (Å²) < 4.78 is 5.38. The molecule has 40 heavy (non-hydrogen) atoms. The summed E-state index contributed by atoms with van der Waals surface area (Å²) >= 11 is 0. The van der Waals surface area contributed by atoms with E-state index in [0.717, 1.165) is 11.1 Å². The highest BCUT2D eigenvalue weighted by Gasteiger charge is 2.32. The number of hydrogen-bond donors (Lipinski definition) is 5. The van der Waals surface area contributed by atoms with Gasteiger partial charge in [0.1, 0.15) is 5.60 Å². The van der Waals surface area contributed by atoms with Crippen LogP contribution in [0.2, 0.25) is 0 Å². The lowest BCUT2D eigenvalue weighted by atomic mass is 9.90. The van der Waals surface area contributed by atoms with Gasteiger partial charge in [0, 0.05) is 18.5 Å². The van der Waals surface area contributed by atoms with Gasteiger partial charge in [-0.25, -0.2) is 4.79 Å². The van der Waals surface area contributed by atoms with Crippen molar-refractivity contribution in [2.24, 2.45) is 5.41 Å². The molecule has 9 nitrogen and oxygen atoms in total. The average molecular weight is 556 g/mol. The molecule has 0 aromatic heterocycles. The fourth-order valence-electron chi connectivity index (χ4n) is 4.00. The first kappa shape index (κ1) is 32.9. The van der Waals surface area contributed by atoms with Crippen LogP contribution in [0.4, 0.5) is 4.79 Å². The average Bonchev–Trinajstić information content (AvgIpc) is 2.86. The number of carbonyl (C=O) groups is 3. The maximum Gasteiger partial charge on any atom is 0.407 e. The van der Waals surface area contributed by atoms with Gasteiger partial charge in [-0.15, -0.1) is 0 Å². The Labute approximate surface area is 237 Å². The van der Waals surface area contributed by atoms with Gasteiger partial charge < -0.3 is 30.9 Å². The van der Waals surface area contributed by atoms with Gasteiger partial charge in [0.25, 0.3) is 5.91 Å². The molecule has 5 N–H and O–H groups in total. The fraction of sp³-hybridized carbons (Fsp3) is 0.516. The van der Waals surface area contributed by atoms with Crippen molar-refractivity contribution in [2.45, 2.75) is 84.3 Å². The Balaban J connectivity index is 2.06. The first-order valence-corrected chi connectivity index (χ1v) is 13.6. The lowest BCUT2D eigenvalue weighted by Crippen LogP contribution is -2.54. The number of amides is 2. The molecule has 0 bridgehead atoms. The Hall–Kier alpha value is -3.27. The highest BCUT2D eigenvalue weighted by molar-refractivity contribution is 6.38. The second-order valence-electron chi connectivity index (χ2n) is 12.1. The second kappa shape index (κ2) is 14.9. The van der Waals surface area contributed by atoms with E-state index in [-0.39, 0.29) is 13.1 Å². The van der Waals surface area contributed by atoms with E-state index in [1.54, 1.807) is 41.5 Å². The Morgan fingerprint density at radius 3 is 1.55 bits per heavy atom. The summed E-state index contributed by atoms with van der Waals surface area (Å²) in [5.74, 6) is -1.32. The number of aliphatic hydroxyl groups excluding tert-OH is 2. The molecule has 0 saturated heterocycles. The molecule has 0 aliphatic heterocycles. The third-order valence-electron chi connectivity index (χ3n) is 6.14. The maximum absolute atomic E-state index is 12.7. The quantitative estimate of drug-likeness (QED) is 0.240. The zero-order chi connectivity index (χ0) is 29.9. The zero-order valence-corrected chi connectivity index (χ0v) is 24.4. The molecule has 0 fully saturated rings. The Bertz CT molecular complexity index is 1080. The Morgan fingerprint density at radius 2 is 1.15 bits per heavy atom. The summed E-state index contributed by atoms with van der Waals surface area (Å²) in [7, 11) is 0. The van der Waals surface area contributed by atoms with Gasteiger partial charge in [0.05, 0.1) is 24.3 Å². The minimum absolute atomic E-state index is 0.0308. The number of aliphatic hydroxyl groups is 2. The number of benzene rings is 2. The normalized spacial score (nSPS) is 14.9. The van der Waals surface area contributed by atoms with Crippen LogP contribution in [0.3, 0.4) is 0 Å². The van der Waals surface area contributed by atoms with E-state index in [0.29, 0.717) is 12.8 Å². The molecular formula is C31H45N3O6. The van der Waals surface area contributed by atoms with Gasteiger partial charge in [-0.2, -0.15) is 0 Å². The van der Waals surface area contributed by atoms with Crippen molar-refractivity contribution in [2.75, 3.05) is 13.1 Å². The molecule has 220 valence electrons. The summed E-state index contributed by atoms with van der Waals surface area (Å²) in [5.41, 5.74) is 0.265. The lowest BCUT2D eigenvalue weighted by Gasteiger charge is -2.28. The van der Waals surface area contributed by atoms with Crippen LogP contribution in [0.25, 0.3) is 0 Å². The monoisotopic (exact) mass is 555 g/mol. The van der Waals surface area contributed by atoms with Crippen molar-refractivity contribution >= 4 is 17.8 Å². The highest BCUT2D eigenvalue weighted by atomic mass is 16.6. The molecule has 2 amide bonds. The van der Waals surface area contributed by atoms with Gasteiger partial charge in [-0.3, -0.25) is 9.59 Å². The van der Waals surface area contributed by atoms with E-state index in [9.17, 15) is 24.6 Å². The summed E-state index contributed by atoms with van der Waals surface area (Å²) in [6, 6.07) is 17.4. The van der Waals surface area contributed by atoms with E-state index in [4.69, 9.17) is 4.74 Å². The second-order valence-corrected chi connectivity index (χ2v) is 12.1. The number of hydrogen-bond acceptors (Lipinski definition) is 7. The number of rotatable bonds is 13. The number of alkyl carbamates (subject to hydrolysis) is 1. The molecule has 2 aromatic rings. The molecule has 0 heterocycles. The molecule has 0 spiro atoms. The summed E-state index contributed by atoms with van der Waals surface area (Å²) in [5, 5.41) is 30.5. The van der Waals surface area contributed by atoms with Crippen molar-refractivity contribution in [1.29, 1.82) is 0 Å². The number of ether oxygens (including phenoxy) is 1. The number of ketones is 1. The largest absolute Gasteiger partial charge is 0.444 e. The maximum atomic E-state index is 12.7. The molecular weight excluding hydrogens is 510 g/mol. The van der Waals surface area contributed by atoms with Crippen LogP contribution >= 0.6 is 0 Å². The van der Waals surface area contributed by atoms with Gasteiger partial charge in [-0.1, -0.05) is 81.4 Å². The van der Waals surface area contributed by atoms with Crippen LogP contribution < -0.4 is 16.0 Å². The zero-order valence-electron chi connectivity index (χ0n) is 24.4. The number of Topliss-reactive ketones (excluding diaryl/α,β-unsaturated/α-hetero) is 1. The fourth-order valence-corrected chi connectivity index (χ4v) is 4.00. The molecule has 0 saturated carbocycles. The summed E-state index contributed by atoms with van der Waals surface area (Å²) in [6.45, 7) is 10.4. The van der Waals surface area contributed by atoms with Gasteiger partial charge >= 0.3 is 6.09 Å². The van der Waals surface area contributed by atoms with E-state index in [1.165, 1.54) is 0 Å². The number of carbonyl (C=O) groups excluding carboxylic acids is 3. The number of nitrogens with one attached hydrogen (secondary N) is 3. The first-order valence-electron chi connectivity index (χ1n) is 13.6. The van der Waals surface area contributed by atoms with E-state index in [1.807, 2.05) is 60.7 Å². The van der Waals surface area contributed by atoms with Gasteiger partial charge in [-0.05, 0) is 44.7 Å². The van der Waals surface area contributed by atoms with Crippen molar-refractivity contribution in [3.05, 3.63) is 71.8 Å². The predicted molar refractivity (Wildman–Crippen MR) is 155 cm³/mol. The van der Waals surface area contributed by atoms with E-state index < -0.39 is 53.1 Å². The lowest BCUT2D eigenvalue weighted by molar-refractivity contribution is -0.143. The first-order chi connectivity index (χ1) is 18.7. The minimum Gasteiger partial charge on any atom is -0.444 e. The highest BCUT2D eigenvalue weighted by Crippen LogP contribution is 2.15. The van der Waals surface area contributed by atoms with Crippen molar-refractivity contribution in [3.63, 3.8) is 0 Å². The molecule has 0 radical (unpaired) electrons. The molecule has 0 aliphatic carbocycles. The van der Waals surface area contributed by atoms with Crippen LogP contribution in [0.5, 0.6) is 0 Å². The molecule has 2 rings (SSSR count). The van der Waals surface area contributed by atoms with Crippen LogP contribution in [0.15, 0.2) is 60.7 Å². The molecule has 2 aromatic carbocycles. The third-order valence-corrected chi connectivity index (χ3v) is 6.14. The van der Waals surface area contributed by atoms with Crippen LogP contribution in [-0.2, 0) is 27.2 Å². The standard InChI is InChI=1S/C31H45N3O6/c1-30(2,3)27(37)28(38)33-23(17-21-13-9-7-10-14-21)25(35)19-32-20-26(36)24(18-22-15-11-8-12-16-22)34-29(39)40-31(4,5)6/h7-16,23-26,32,35-36H,17-20H2,1-6H3,(H,33,38)(H,34,39)/t23-,24+,25?,26+/m1/s1. The minimum atomic E-state index is -1.06. The van der Waals surface area contributed by atoms with Crippen molar-refractivity contribution in [3.8, 4) is 0 Å². The molecule has 9 heteroatoms. The molecule has 4 atom stereocenters. The van der Waals surface area contributed by atoms with Crippen LogP contribution in [0.1, 0.15) is 52.7 Å². The van der Waals surface area contributed by atoms with E-state index >= 15 is 0 Å². The van der Waals surface area contributed by atoms with Crippen molar-refractivity contribution < 1.29 is 29.3 Å². The Kier molecular flexibility index (Phi) is 12.3.